The molecule has 0 unspecified atom stereocenters. The predicted molar refractivity (Wildman–Crippen MR) is 72.9 cm³/mol. The van der Waals surface area contributed by atoms with Gasteiger partial charge in [0.15, 0.2) is 0 Å². The first-order chi connectivity index (χ1) is 8.38. The Balaban J connectivity index is 2.23. The second-order valence-corrected chi connectivity index (χ2v) is 5.04. The molecule has 0 amide bonds. The van der Waals surface area contributed by atoms with Gasteiger partial charge in [0.1, 0.15) is 0 Å². The van der Waals surface area contributed by atoms with Crippen molar-refractivity contribution < 1.29 is 0 Å². The molecule has 3 aromatic rings. The monoisotopic (exact) mass is 240 g/mol. The number of benzene rings is 1. The molecule has 2 N–H and O–H groups in total. The fourth-order valence-electron chi connectivity index (χ4n) is 1.96. The van der Waals surface area contributed by atoms with Crippen LogP contribution in [0.2, 0.25) is 0 Å². The van der Waals surface area contributed by atoms with E-state index < -0.39 is 0 Å². The molecule has 0 atom stereocenters. The van der Waals surface area contributed by atoms with E-state index in [0.29, 0.717) is 6.54 Å². The van der Waals surface area contributed by atoms with E-state index in [0.717, 1.165) is 0 Å². The quantitative estimate of drug-likeness (QED) is 0.745. The van der Waals surface area contributed by atoms with Crippen LogP contribution in [-0.4, -0.2) is 4.98 Å². The highest BCUT2D eigenvalue weighted by atomic mass is 32.1. The van der Waals surface area contributed by atoms with E-state index in [4.69, 9.17) is 5.73 Å². The minimum Gasteiger partial charge on any atom is -0.326 e. The van der Waals surface area contributed by atoms with Gasteiger partial charge in [0.05, 0.1) is 0 Å². The van der Waals surface area contributed by atoms with Crippen LogP contribution in [0, 0.1) is 0 Å². The lowest BCUT2D eigenvalue weighted by Gasteiger charge is -2.03. The van der Waals surface area contributed by atoms with E-state index in [1.807, 2.05) is 18.5 Å². The average Bonchev–Trinajstić information content (AvgIpc) is 2.87. The summed E-state index contributed by atoms with van der Waals surface area (Å²) in [7, 11) is 0. The van der Waals surface area contributed by atoms with E-state index >= 15 is 0 Å². The van der Waals surface area contributed by atoms with Crippen LogP contribution >= 0.6 is 11.3 Å². The zero-order chi connectivity index (χ0) is 11.7. The molecule has 2 aromatic heterocycles. The summed E-state index contributed by atoms with van der Waals surface area (Å²) in [6, 6.07) is 12.6. The number of rotatable bonds is 2. The number of aromatic nitrogens is 1. The Bertz CT molecular complexity index is 653. The summed E-state index contributed by atoms with van der Waals surface area (Å²) in [5, 5.41) is 2.42. The molecule has 3 rings (SSSR count). The van der Waals surface area contributed by atoms with Gasteiger partial charge in [0.2, 0.25) is 0 Å². The van der Waals surface area contributed by atoms with Gasteiger partial charge in [0.25, 0.3) is 0 Å². The summed E-state index contributed by atoms with van der Waals surface area (Å²) in [4.78, 5) is 6.67. The minimum atomic E-state index is 0.605. The number of nitrogens with zero attached hydrogens (tertiary/aromatic N) is 1. The molecule has 0 aliphatic heterocycles. The second-order valence-electron chi connectivity index (χ2n) is 3.87. The molecule has 17 heavy (non-hydrogen) atoms. The zero-order valence-electron chi connectivity index (χ0n) is 9.26. The van der Waals surface area contributed by atoms with Gasteiger partial charge in [-0.15, -0.1) is 11.3 Å². The van der Waals surface area contributed by atoms with Crippen LogP contribution in [0.4, 0.5) is 0 Å². The maximum absolute atomic E-state index is 5.65. The van der Waals surface area contributed by atoms with Crippen LogP contribution in [-0.2, 0) is 6.54 Å². The fraction of sp³-hybridized carbons (Fsp3) is 0.0714. The number of nitrogens with two attached hydrogens (primary N) is 1. The standard InChI is InChI=1S/C14H12N2S/c15-8-11-4-5-14(17-11)12-3-1-2-10-6-7-16-9-13(10)12/h1-7,9H,8,15H2. The van der Waals surface area contributed by atoms with Gasteiger partial charge in [-0.3, -0.25) is 4.98 Å². The van der Waals surface area contributed by atoms with E-state index in [1.54, 1.807) is 11.3 Å². The van der Waals surface area contributed by atoms with Crippen LogP contribution < -0.4 is 5.73 Å². The molecule has 0 spiro atoms. The Hall–Kier alpha value is -1.71. The van der Waals surface area contributed by atoms with Crippen molar-refractivity contribution in [3.63, 3.8) is 0 Å². The molecule has 1 aromatic carbocycles. The average molecular weight is 240 g/mol. The van der Waals surface area contributed by atoms with Crippen molar-refractivity contribution in [3.05, 3.63) is 53.7 Å². The van der Waals surface area contributed by atoms with Crippen molar-refractivity contribution in [2.24, 2.45) is 5.73 Å². The summed E-state index contributed by atoms with van der Waals surface area (Å²) in [6.07, 6.45) is 3.75. The van der Waals surface area contributed by atoms with E-state index in [2.05, 4.69) is 35.3 Å². The highest BCUT2D eigenvalue weighted by Crippen LogP contribution is 2.32. The molecule has 0 bridgehead atoms. The SMILES string of the molecule is NCc1ccc(-c2cccc3ccncc23)s1. The molecule has 0 radical (unpaired) electrons. The van der Waals surface area contributed by atoms with Gasteiger partial charge in [0, 0.05) is 39.6 Å². The van der Waals surface area contributed by atoms with Crippen LogP contribution in [0.15, 0.2) is 48.8 Å². The Morgan fingerprint density at radius 2 is 2.06 bits per heavy atom. The summed E-state index contributed by atoms with van der Waals surface area (Å²) in [5.74, 6) is 0. The van der Waals surface area contributed by atoms with E-state index in [1.165, 1.54) is 26.1 Å². The van der Waals surface area contributed by atoms with Gasteiger partial charge in [-0.05, 0) is 23.6 Å². The maximum Gasteiger partial charge on any atom is 0.0352 e. The van der Waals surface area contributed by atoms with Gasteiger partial charge >= 0.3 is 0 Å². The Morgan fingerprint density at radius 3 is 2.88 bits per heavy atom. The first kappa shape index (κ1) is 10.4. The molecule has 0 aliphatic carbocycles. The molecule has 84 valence electrons. The highest BCUT2D eigenvalue weighted by Gasteiger charge is 2.06. The smallest absolute Gasteiger partial charge is 0.0352 e. The summed E-state index contributed by atoms with van der Waals surface area (Å²) in [5.41, 5.74) is 6.89. The molecule has 2 nitrogen and oxygen atoms in total. The Labute approximate surface area is 104 Å². The maximum atomic E-state index is 5.65. The van der Waals surface area contributed by atoms with E-state index in [-0.39, 0.29) is 0 Å². The number of hydrogen-bond acceptors (Lipinski definition) is 3. The molecular weight excluding hydrogens is 228 g/mol. The molecule has 0 fully saturated rings. The van der Waals surface area contributed by atoms with Crippen molar-refractivity contribution in [1.29, 1.82) is 0 Å². The highest BCUT2D eigenvalue weighted by molar-refractivity contribution is 7.15. The molecule has 2 heterocycles. The number of fused-ring (bicyclic) bond motifs is 1. The van der Waals surface area contributed by atoms with Gasteiger partial charge in [-0.25, -0.2) is 0 Å². The first-order valence-corrected chi connectivity index (χ1v) is 6.32. The van der Waals surface area contributed by atoms with Gasteiger partial charge < -0.3 is 5.73 Å². The van der Waals surface area contributed by atoms with Crippen molar-refractivity contribution >= 4 is 22.1 Å². The number of hydrogen-bond donors (Lipinski definition) is 1. The third kappa shape index (κ3) is 1.84. The zero-order valence-corrected chi connectivity index (χ0v) is 10.1. The van der Waals surface area contributed by atoms with Crippen molar-refractivity contribution in [1.82, 2.24) is 4.98 Å². The van der Waals surface area contributed by atoms with Crippen LogP contribution in [0.1, 0.15) is 4.88 Å². The lowest BCUT2D eigenvalue weighted by Crippen LogP contribution is -1.91. The largest absolute Gasteiger partial charge is 0.326 e. The summed E-state index contributed by atoms with van der Waals surface area (Å²) in [6.45, 7) is 0.605. The third-order valence-corrected chi connectivity index (χ3v) is 3.95. The van der Waals surface area contributed by atoms with Crippen LogP contribution in [0.5, 0.6) is 0 Å². The number of pyridine rings is 1. The van der Waals surface area contributed by atoms with Gasteiger partial charge in [-0.2, -0.15) is 0 Å². The van der Waals surface area contributed by atoms with Crippen molar-refractivity contribution in [2.45, 2.75) is 6.54 Å². The lowest BCUT2D eigenvalue weighted by atomic mass is 10.1. The van der Waals surface area contributed by atoms with E-state index in [9.17, 15) is 0 Å². The lowest BCUT2D eigenvalue weighted by molar-refractivity contribution is 1.11. The fourth-order valence-corrected chi connectivity index (χ4v) is 2.89. The molecule has 3 heteroatoms. The summed E-state index contributed by atoms with van der Waals surface area (Å²) < 4.78 is 0. The van der Waals surface area contributed by atoms with Gasteiger partial charge in [-0.1, -0.05) is 18.2 Å². The molecule has 0 saturated heterocycles. The van der Waals surface area contributed by atoms with Crippen LogP contribution in [0.25, 0.3) is 21.2 Å². The Kier molecular flexibility index (Phi) is 2.63. The number of thiophene rings is 1. The second kappa shape index (κ2) is 4.28. The molecule has 0 saturated carbocycles. The van der Waals surface area contributed by atoms with Crippen molar-refractivity contribution in [3.8, 4) is 10.4 Å². The van der Waals surface area contributed by atoms with Crippen LogP contribution in [0.3, 0.4) is 0 Å². The molecule has 0 aliphatic rings. The minimum absolute atomic E-state index is 0.605. The topological polar surface area (TPSA) is 38.9 Å². The normalized spacial score (nSPS) is 10.9. The van der Waals surface area contributed by atoms with Crippen molar-refractivity contribution in [2.75, 3.05) is 0 Å². The summed E-state index contributed by atoms with van der Waals surface area (Å²) >= 11 is 1.75. The Morgan fingerprint density at radius 1 is 1.12 bits per heavy atom. The predicted octanol–water partition coefficient (Wildman–Crippen LogP) is 3.42. The first-order valence-electron chi connectivity index (χ1n) is 5.50. The third-order valence-electron chi connectivity index (χ3n) is 2.81. The molecular formula is C14H12N2S.